The van der Waals surface area contributed by atoms with Crippen LogP contribution in [-0.2, 0) is 11.3 Å². The quantitative estimate of drug-likeness (QED) is 0.650. The lowest BCUT2D eigenvalue weighted by atomic mass is 9.95. The zero-order chi connectivity index (χ0) is 17.5. The van der Waals surface area contributed by atoms with Crippen LogP contribution in [0.2, 0.25) is 0 Å². The molecule has 0 saturated heterocycles. The van der Waals surface area contributed by atoms with Gasteiger partial charge in [-0.15, -0.1) is 12.4 Å². The first-order chi connectivity index (χ1) is 12.2. The first-order valence-corrected chi connectivity index (χ1v) is 9.19. The van der Waals surface area contributed by atoms with Gasteiger partial charge in [0.25, 0.3) is 5.91 Å². The monoisotopic (exact) mass is 381 g/mol. The molecule has 2 heterocycles. The normalized spacial score (nSPS) is 17.8. The van der Waals surface area contributed by atoms with E-state index in [9.17, 15) is 9.59 Å². The minimum Gasteiger partial charge on any atom is -0.352 e. The molecule has 3 rings (SSSR count). The SMILES string of the molecule is Cl.O=C(Cn1cc(C(=O)NCC2=CCNCC2)cn1)NC1CCCCC1. The van der Waals surface area contributed by atoms with Crippen molar-refractivity contribution in [3.8, 4) is 0 Å². The topological polar surface area (TPSA) is 88.1 Å². The van der Waals surface area contributed by atoms with Gasteiger partial charge in [0.05, 0.1) is 11.8 Å². The van der Waals surface area contributed by atoms with E-state index < -0.39 is 0 Å². The lowest BCUT2D eigenvalue weighted by Crippen LogP contribution is -2.38. The number of carbonyl (C=O) groups is 2. The zero-order valence-electron chi connectivity index (χ0n) is 15.0. The number of amides is 2. The molecule has 0 aromatic carbocycles. The van der Waals surface area contributed by atoms with Crippen LogP contribution in [0.4, 0.5) is 0 Å². The minimum absolute atomic E-state index is 0. The molecule has 26 heavy (non-hydrogen) atoms. The molecule has 144 valence electrons. The molecule has 2 aliphatic rings. The van der Waals surface area contributed by atoms with E-state index in [0.29, 0.717) is 12.1 Å². The molecule has 0 bridgehead atoms. The van der Waals surface area contributed by atoms with Crippen molar-refractivity contribution in [2.24, 2.45) is 0 Å². The number of nitrogens with zero attached hydrogens (tertiary/aromatic N) is 2. The average Bonchev–Trinajstić information content (AvgIpc) is 3.10. The van der Waals surface area contributed by atoms with Crippen molar-refractivity contribution >= 4 is 24.2 Å². The van der Waals surface area contributed by atoms with Crippen LogP contribution in [0.1, 0.15) is 48.9 Å². The fourth-order valence-electron chi connectivity index (χ4n) is 3.36. The Labute approximate surface area is 160 Å². The highest BCUT2D eigenvalue weighted by atomic mass is 35.5. The maximum absolute atomic E-state index is 12.2. The van der Waals surface area contributed by atoms with Crippen LogP contribution in [0.5, 0.6) is 0 Å². The van der Waals surface area contributed by atoms with E-state index in [1.165, 1.54) is 35.7 Å². The summed E-state index contributed by atoms with van der Waals surface area (Å²) in [5.74, 6) is -0.194. The molecule has 1 aliphatic heterocycles. The number of rotatable bonds is 6. The number of hydrogen-bond acceptors (Lipinski definition) is 4. The number of hydrogen-bond donors (Lipinski definition) is 3. The van der Waals surface area contributed by atoms with Crippen molar-refractivity contribution in [3.63, 3.8) is 0 Å². The number of nitrogens with one attached hydrogen (secondary N) is 3. The van der Waals surface area contributed by atoms with E-state index in [1.807, 2.05) is 0 Å². The lowest BCUT2D eigenvalue weighted by Gasteiger charge is -2.22. The standard InChI is InChI=1S/C18H27N5O2.ClH/c24-17(22-16-4-2-1-3-5-16)13-23-12-15(11-21-23)18(25)20-10-14-6-8-19-9-7-14;/h6,11-12,16,19H,1-5,7-10,13H2,(H,20,25)(H,22,24);1H. The molecule has 1 saturated carbocycles. The largest absolute Gasteiger partial charge is 0.352 e. The second-order valence-corrected chi connectivity index (χ2v) is 6.83. The van der Waals surface area contributed by atoms with Gasteiger partial charge in [0.1, 0.15) is 6.54 Å². The molecule has 0 atom stereocenters. The Bertz CT molecular complexity index is 637. The summed E-state index contributed by atoms with van der Waals surface area (Å²) >= 11 is 0. The summed E-state index contributed by atoms with van der Waals surface area (Å²) in [6, 6.07) is 0.290. The Kier molecular flexibility index (Phi) is 8.12. The minimum atomic E-state index is -0.154. The highest BCUT2D eigenvalue weighted by molar-refractivity contribution is 5.93. The molecular weight excluding hydrogens is 354 g/mol. The molecule has 1 aliphatic carbocycles. The van der Waals surface area contributed by atoms with E-state index >= 15 is 0 Å². The summed E-state index contributed by atoms with van der Waals surface area (Å²) in [5.41, 5.74) is 1.73. The van der Waals surface area contributed by atoms with Crippen LogP contribution in [0.15, 0.2) is 24.0 Å². The lowest BCUT2D eigenvalue weighted by molar-refractivity contribution is -0.122. The van der Waals surface area contributed by atoms with Gasteiger partial charge in [0.15, 0.2) is 0 Å². The van der Waals surface area contributed by atoms with Gasteiger partial charge >= 0.3 is 0 Å². The Balaban J connectivity index is 0.00000243. The van der Waals surface area contributed by atoms with Crippen LogP contribution >= 0.6 is 12.4 Å². The van der Waals surface area contributed by atoms with Crippen molar-refractivity contribution in [1.82, 2.24) is 25.7 Å². The van der Waals surface area contributed by atoms with Crippen LogP contribution in [-0.4, -0.2) is 47.3 Å². The first kappa shape index (κ1) is 20.5. The van der Waals surface area contributed by atoms with E-state index in [1.54, 1.807) is 6.20 Å². The molecular formula is C18H28ClN5O2. The summed E-state index contributed by atoms with van der Waals surface area (Å²) in [7, 11) is 0. The maximum Gasteiger partial charge on any atom is 0.254 e. The number of halogens is 1. The van der Waals surface area contributed by atoms with Crippen LogP contribution in [0.25, 0.3) is 0 Å². The average molecular weight is 382 g/mol. The van der Waals surface area contributed by atoms with Crippen molar-refractivity contribution in [2.45, 2.75) is 51.1 Å². The van der Waals surface area contributed by atoms with Gasteiger partial charge in [0.2, 0.25) is 5.91 Å². The molecule has 7 nitrogen and oxygen atoms in total. The van der Waals surface area contributed by atoms with Gasteiger partial charge < -0.3 is 16.0 Å². The van der Waals surface area contributed by atoms with Crippen LogP contribution in [0.3, 0.4) is 0 Å². The molecule has 1 fully saturated rings. The van der Waals surface area contributed by atoms with Gasteiger partial charge in [-0.1, -0.05) is 30.9 Å². The molecule has 0 radical (unpaired) electrons. The van der Waals surface area contributed by atoms with Gasteiger partial charge in [-0.3, -0.25) is 14.3 Å². The van der Waals surface area contributed by atoms with Crippen molar-refractivity contribution in [3.05, 3.63) is 29.6 Å². The van der Waals surface area contributed by atoms with Gasteiger partial charge in [-0.2, -0.15) is 5.10 Å². The molecule has 2 amide bonds. The van der Waals surface area contributed by atoms with E-state index in [2.05, 4.69) is 27.1 Å². The van der Waals surface area contributed by atoms with Gasteiger partial charge in [0, 0.05) is 25.3 Å². The maximum atomic E-state index is 12.2. The van der Waals surface area contributed by atoms with Crippen molar-refractivity contribution < 1.29 is 9.59 Å². The molecule has 0 spiro atoms. The van der Waals surface area contributed by atoms with E-state index in [-0.39, 0.29) is 36.8 Å². The third-order valence-corrected chi connectivity index (χ3v) is 4.81. The van der Waals surface area contributed by atoms with Crippen molar-refractivity contribution in [1.29, 1.82) is 0 Å². The molecule has 8 heteroatoms. The highest BCUT2D eigenvalue weighted by Crippen LogP contribution is 2.17. The van der Waals surface area contributed by atoms with Gasteiger partial charge in [-0.25, -0.2) is 0 Å². The third-order valence-electron chi connectivity index (χ3n) is 4.81. The predicted octanol–water partition coefficient (Wildman–Crippen LogP) is 1.40. The smallest absolute Gasteiger partial charge is 0.254 e. The fraction of sp³-hybridized carbons (Fsp3) is 0.611. The number of aromatic nitrogens is 2. The molecule has 0 unspecified atom stereocenters. The zero-order valence-corrected chi connectivity index (χ0v) is 15.8. The molecule has 1 aromatic heterocycles. The predicted molar refractivity (Wildman–Crippen MR) is 102 cm³/mol. The third kappa shape index (κ3) is 6.14. The summed E-state index contributed by atoms with van der Waals surface area (Å²) < 4.78 is 1.52. The summed E-state index contributed by atoms with van der Waals surface area (Å²) in [6.45, 7) is 2.53. The Hall–Kier alpha value is -1.86. The molecule has 1 aromatic rings. The van der Waals surface area contributed by atoms with Gasteiger partial charge in [-0.05, 0) is 25.8 Å². The Morgan fingerprint density at radius 2 is 2.08 bits per heavy atom. The van der Waals surface area contributed by atoms with E-state index in [0.717, 1.165) is 32.4 Å². The second kappa shape index (κ2) is 10.3. The fourth-order valence-corrected chi connectivity index (χ4v) is 3.36. The summed E-state index contributed by atoms with van der Waals surface area (Å²) in [6.07, 6.45) is 12.0. The number of carbonyl (C=O) groups excluding carboxylic acids is 2. The van der Waals surface area contributed by atoms with Crippen LogP contribution in [0, 0.1) is 0 Å². The Morgan fingerprint density at radius 1 is 1.27 bits per heavy atom. The summed E-state index contributed by atoms with van der Waals surface area (Å²) in [5, 5.41) is 13.4. The second-order valence-electron chi connectivity index (χ2n) is 6.83. The molecule has 3 N–H and O–H groups in total. The summed E-state index contributed by atoms with van der Waals surface area (Å²) in [4.78, 5) is 24.3. The highest BCUT2D eigenvalue weighted by Gasteiger charge is 2.16. The Morgan fingerprint density at radius 3 is 2.81 bits per heavy atom. The van der Waals surface area contributed by atoms with E-state index in [4.69, 9.17) is 0 Å². The first-order valence-electron chi connectivity index (χ1n) is 9.19. The van der Waals surface area contributed by atoms with Crippen molar-refractivity contribution in [2.75, 3.05) is 19.6 Å². The van der Waals surface area contributed by atoms with Crippen LogP contribution < -0.4 is 16.0 Å².